The number of rotatable bonds is 16. The number of nitrogens with one attached hydrogen (secondary N) is 1. The van der Waals surface area contributed by atoms with Crippen molar-refractivity contribution in [2.45, 2.75) is 45.4 Å². The van der Waals surface area contributed by atoms with Crippen molar-refractivity contribution in [1.82, 2.24) is 5.32 Å². The number of carbonyl (C=O) groups excluding carboxylic acids is 1. The molecule has 0 saturated carbocycles. The lowest BCUT2D eigenvalue weighted by molar-refractivity contribution is 0.0708. The van der Waals surface area contributed by atoms with Crippen LogP contribution in [0.25, 0.3) is 0 Å². The molecule has 0 radical (unpaired) electrons. The highest BCUT2D eigenvalue weighted by atomic mass is 28.4. The molecule has 1 N–H and O–H groups in total. The van der Waals surface area contributed by atoms with E-state index < -0.39 is 14.9 Å². The average Bonchev–Trinajstić information content (AvgIpc) is 3.69. The predicted octanol–water partition coefficient (Wildman–Crippen LogP) is 2.82. The molecule has 3 rings (SSSR count). The minimum Gasteiger partial charge on any atom is -0.410 e. The van der Waals surface area contributed by atoms with E-state index in [-0.39, 0.29) is 0 Å². The highest BCUT2D eigenvalue weighted by Gasteiger charge is 2.39. The molecule has 1 aromatic rings. The summed E-state index contributed by atoms with van der Waals surface area (Å²) >= 11 is 0. The summed E-state index contributed by atoms with van der Waals surface area (Å²) in [6.45, 7) is 11.2. The standard InChI is InChI=1S/C22H36N2O7Si/c1-4-28-32(29-5-2,30-6-3)13-7-12-23-22(25)31-19-10-8-18(9-11-19)24(14-20-16-26-20)15-21-17-27-21/h8-11,20-21H,4-7,12-17H2,1-3H3,(H,23,25). The summed E-state index contributed by atoms with van der Waals surface area (Å²) < 4.78 is 33.6. The first kappa shape index (κ1) is 24.9. The van der Waals surface area contributed by atoms with Crippen molar-refractivity contribution < 1.29 is 32.3 Å². The Morgan fingerprint density at radius 2 is 1.53 bits per heavy atom. The summed E-state index contributed by atoms with van der Waals surface area (Å²) in [6.07, 6.45) is 0.793. The number of hydrogen-bond acceptors (Lipinski definition) is 8. The lowest BCUT2D eigenvalue weighted by Gasteiger charge is -2.28. The van der Waals surface area contributed by atoms with Crippen LogP contribution < -0.4 is 15.0 Å². The molecule has 2 saturated heterocycles. The Morgan fingerprint density at radius 3 is 2.00 bits per heavy atom. The van der Waals surface area contributed by atoms with Crippen molar-refractivity contribution in [2.75, 3.05) is 57.6 Å². The van der Waals surface area contributed by atoms with Gasteiger partial charge in [0, 0.05) is 51.2 Å². The number of epoxide rings is 2. The molecule has 32 heavy (non-hydrogen) atoms. The van der Waals surface area contributed by atoms with Crippen molar-refractivity contribution in [1.29, 1.82) is 0 Å². The van der Waals surface area contributed by atoms with E-state index in [9.17, 15) is 4.79 Å². The van der Waals surface area contributed by atoms with Crippen LogP contribution in [0.2, 0.25) is 6.04 Å². The fraction of sp³-hybridized carbons (Fsp3) is 0.682. The van der Waals surface area contributed by atoms with Gasteiger partial charge in [-0.25, -0.2) is 4.79 Å². The zero-order valence-electron chi connectivity index (χ0n) is 19.3. The average molecular weight is 469 g/mol. The monoisotopic (exact) mass is 468 g/mol. The maximum absolute atomic E-state index is 12.2. The molecule has 1 aromatic carbocycles. The highest BCUT2D eigenvalue weighted by Crippen LogP contribution is 2.25. The van der Waals surface area contributed by atoms with Crippen molar-refractivity contribution in [3.05, 3.63) is 24.3 Å². The molecule has 0 bridgehead atoms. The Balaban J connectivity index is 1.42. The number of anilines is 1. The van der Waals surface area contributed by atoms with E-state index >= 15 is 0 Å². The van der Waals surface area contributed by atoms with Gasteiger partial charge < -0.3 is 37.7 Å². The van der Waals surface area contributed by atoms with Crippen LogP contribution in [0.5, 0.6) is 5.75 Å². The minimum absolute atomic E-state index is 0.297. The van der Waals surface area contributed by atoms with E-state index in [4.69, 9.17) is 27.5 Å². The van der Waals surface area contributed by atoms with E-state index in [1.54, 1.807) is 12.1 Å². The topological polar surface area (TPSA) is 94.3 Å². The van der Waals surface area contributed by atoms with Crippen molar-refractivity contribution in [3.8, 4) is 5.75 Å². The van der Waals surface area contributed by atoms with Gasteiger partial charge in [0.2, 0.25) is 0 Å². The summed E-state index contributed by atoms with van der Waals surface area (Å²) in [6, 6.07) is 8.17. The number of nitrogens with zero attached hydrogens (tertiary/aromatic N) is 1. The maximum Gasteiger partial charge on any atom is 0.500 e. The zero-order chi connectivity index (χ0) is 22.8. The Morgan fingerprint density at radius 1 is 1.00 bits per heavy atom. The summed E-state index contributed by atoms with van der Waals surface area (Å²) in [5, 5.41) is 2.79. The smallest absolute Gasteiger partial charge is 0.410 e. The molecule has 2 heterocycles. The van der Waals surface area contributed by atoms with Gasteiger partial charge in [0.15, 0.2) is 0 Å². The van der Waals surface area contributed by atoms with Crippen molar-refractivity contribution in [2.24, 2.45) is 0 Å². The summed E-state index contributed by atoms with van der Waals surface area (Å²) in [5.74, 6) is 0.498. The molecule has 10 heteroatoms. The molecule has 9 nitrogen and oxygen atoms in total. The van der Waals surface area contributed by atoms with Gasteiger partial charge in [-0.1, -0.05) is 0 Å². The van der Waals surface area contributed by atoms with Crippen LogP contribution in [0.15, 0.2) is 24.3 Å². The quantitative estimate of drug-likeness (QED) is 0.225. The van der Waals surface area contributed by atoms with E-state index in [1.165, 1.54) is 0 Å². The summed E-state index contributed by atoms with van der Waals surface area (Å²) in [4.78, 5) is 14.4. The van der Waals surface area contributed by atoms with Crippen molar-refractivity contribution in [3.63, 3.8) is 0 Å². The fourth-order valence-electron chi connectivity index (χ4n) is 3.49. The van der Waals surface area contributed by atoms with E-state index in [0.29, 0.717) is 56.8 Å². The predicted molar refractivity (Wildman–Crippen MR) is 122 cm³/mol. The van der Waals surface area contributed by atoms with Crippen LogP contribution in [-0.2, 0) is 22.8 Å². The fourth-order valence-corrected chi connectivity index (χ4v) is 6.10. The lowest BCUT2D eigenvalue weighted by atomic mass is 10.2. The Bertz CT molecular complexity index is 667. The van der Waals surface area contributed by atoms with Gasteiger partial charge in [0.1, 0.15) is 5.75 Å². The maximum atomic E-state index is 12.2. The van der Waals surface area contributed by atoms with E-state index in [1.807, 2.05) is 32.9 Å². The van der Waals surface area contributed by atoms with Gasteiger partial charge in [0.25, 0.3) is 0 Å². The molecule has 0 aromatic heterocycles. The van der Waals surface area contributed by atoms with Crippen LogP contribution >= 0.6 is 0 Å². The second-order valence-electron chi connectivity index (χ2n) is 7.71. The third-order valence-electron chi connectivity index (χ3n) is 5.09. The number of carbonyl (C=O) groups is 1. The van der Waals surface area contributed by atoms with Gasteiger partial charge in [0.05, 0.1) is 25.4 Å². The number of hydrogen-bond donors (Lipinski definition) is 1. The number of ether oxygens (including phenoxy) is 3. The molecule has 2 unspecified atom stereocenters. The van der Waals surface area contributed by atoms with E-state index in [2.05, 4.69) is 10.2 Å². The normalized spacial score (nSPS) is 19.5. The first-order chi connectivity index (χ1) is 15.6. The third-order valence-corrected chi connectivity index (χ3v) is 8.24. The molecule has 0 spiro atoms. The van der Waals surface area contributed by atoms with Gasteiger partial charge in [-0.05, 0) is 51.5 Å². The molecule has 2 atom stereocenters. The van der Waals surface area contributed by atoms with Crippen molar-refractivity contribution >= 4 is 20.6 Å². The zero-order valence-corrected chi connectivity index (χ0v) is 20.3. The molecule has 2 fully saturated rings. The minimum atomic E-state index is -2.69. The van der Waals surface area contributed by atoms with Gasteiger partial charge in [-0.2, -0.15) is 0 Å². The second kappa shape index (κ2) is 12.5. The van der Waals surface area contributed by atoms with Crippen LogP contribution in [0.1, 0.15) is 27.2 Å². The van der Waals surface area contributed by atoms with Crippen LogP contribution in [-0.4, -0.2) is 79.8 Å². The molecule has 2 aliphatic rings. The SMILES string of the molecule is CCO[Si](CCCNC(=O)Oc1ccc(N(CC2CO2)CC2CO2)cc1)(OCC)OCC. The number of benzene rings is 1. The highest BCUT2D eigenvalue weighted by molar-refractivity contribution is 6.60. The number of amides is 1. The molecule has 0 aliphatic carbocycles. The molecule has 180 valence electrons. The van der Waals surface area contributed by atoms with Gasteiger partial charge >= 0.3 is 14.9 Å². The molecular weight excluding hydrogens is 432 g/mol. The van der Waals surface area contributed by atoms with E-state index in [0.717, 1.165) is 32.0 Å². The molecule has 2 aliphatic heterocycles. The first-order valence-corrected chi connectivity index (χ1v) is 13.5. The largest absolute Gasteiger partial charge is 0.500 e. The summed E-state index contributed by atoms with van der Waals surface area (Å²) in [7, 11) is -2.69. The molecule has 1 amide bonds. The Hall–Kier alpha value is -1.69. The Labute approximate surface area is 191 Å². The molecular formula is C22H36N2O7Si. The first-order valence-electron chi connectivity index (χ1n) is 11.5. The summed E-state index contributed by atoms with van der Waals surface area (Å²) in [5.41, 5.74) is 1.06. The van der Waals surface area contributed by atoms with Crippen LogP contribution in [0.3, 0.4) is 0 Å². The lowest BCUT2D eigenvalue weighted by Crippen LogP contribution is -2.46. The van der Waals surface area contributed by atoms with Crippen LogP contribution in [0, 0.1) is 0 Å². The third kappa shape index (κ3) is 8.34. The van der Waals surface area contributed by atoms with Gasteiger partial charge in [-0.15, -0.1) is 0 Å². The second-order valence-corrected chi connectivity index (χ2v) is 10.4. The van der Waals surface area contributed by atoms with Crippen LogP contribution in [0.4, 0.5) is 10.5 Å². The van der Waals surface area contributed by atoms with Gasteiger partial charge in [-0.3, -0.25) is 0 Å². The Kier molecular flexibility index (Phi) is 9.76.